The average molecular weight is 353 g/mol. The topological polar surface area (TPSA) is 85.8 Å². The lowest BCUT2D eigenvalue weighted by Crippen LogP contribution is -2.27. The molecule has 0 unspecified atom stereocenters. The van der Waals surface area contributed by atoms with Crippen LogP contribution >= 0.6 is 0 Å². The maximum absolute atomic E-state index is 12.6. The number of hydrogen-bond acceptors (Lipinski definition) is 4. The highest BCUT2D eigenvalue weighted by Gasteiger charge is 2.33. The summed E-state index contributed by atoms with van der Waals surface area (Å²) in [5, 5.41) is 6.61. The highest BCUT2D eigenvalue weighted by atomic mass is 19.4. The predicted octanol–water partition coefficient (Wildman–Crippen LogP) is 2.99. The summed E-state index contributed by atoms with van der Waals surface area (Å²) in [6, 6.07) is 3.34. The van der Waals surface area contributed by atoms with Crippen LogP contribution in [0.1, 0.15) is 47.5 Å². The van der Waals surface area contributed by atoms with Crippen LogP contribution in [0, 0.1) is 0 Å². The summed E-state index contributed by atoms with van der Waals surface area (Å²) in [7, 11) is 0. The second kappa shape index (κ2) is 6.73. The third-order valence-corrected chi connectivity index (χ3v) is 4.47. The van der Waals surface area contributed by atoms with E-state index in [0.717, 1.165) is 31.9 Å². The summed E-state index contributed by atoms with van der Waals surface area (Å²) >= 11 is 0. The third kappa shape index (κ3) is 3.92. The SMILES string of the molecule is NC(=O)c1cccnc1NC1CCC(c2cnn(C(F)(F)F)c2)CC1. The van der Waals surface area contributed by atoms with Crippen molar-refractivity contribution in [3.05, 3.63) is 41.9 Å². The van der Waals surface area contributed by atoms with Crippen LogP contribution in [-0.4, -0.2) is 26.7 Å². The zero-order chi connectivity index (χ0) is 18.0. The Morgan fingerprint density at radius 1 is 1.28 bits per heavy atom. The molecule has 1 amide bonds. The van der Waals surface area contributed by atoms with Gasteiger partial charge < -0.3 is 11.1 Å². The van der Waals surface area contributed by atoms with Gasteiger partial charge in [-0.3, -0.25) is 4.79 Å². The van der Waals surface area contributed by atoms with Crippen LogP contribution in [0.5, 0.6) is 0 Å². The van der Waals surface area contributed by atoms with Crippen LogP contribution in [-0.2, 0) is 6.30 Å². The number of nitrogens with two attached hydrogens (primary N) is 1. The third-order valence-electron chi connectivity index (χ3n) is 4.47. The average Bonchev–Trinajstić information content (AvgIpc) is 3.06. The van der Waals surface area contributed by atoms with Gasteiger partial charge in [-0.25, -0.2) is 4.98 Å². The first-order valence-corrected chi connectivity index (χ1v) is 7.97. The van der Waals surface area contributed by atoms with E-state index < -0.39 is 12.2 Å². The molecular weight excluding hydrogens is 335 g/mol. The minimum Gasteiger partial charge on any atom is -0.367 e. The summed E-state index contributed by atoms with van der Waals surface area (Å²) in [6.07, 6.45) is 2.43. The normalized spacial score (nSPS) is 21.1. The van der Waals surface area contributed by atoms with Crippen LogP contribution in [0.2, 0.25) is 0 Å². The van der Waals surface area contributed by atoms with E-state index in [0.29, 0.717) is 16.9 Å². The number of nitrogens with one attached hydrogen (secondary N) is 1. The number of halogens is 3. The molecule has 0 aromatic carbocycles. The molecule has 1 fully saturated rings. The van der Waals surface area contributed by atoms with Gasteiger partial charge in [0.25, 0.3) is 5.91 Å². The van der Waals surface area contributed by atoms with Gasteiger partial charge in [0, 0.05) is 18.4 Å². The molecule has 2 heterocycles. The van der Waals surface area contributed by atoms with Crippen molar-refractivity contribution in [1.29, 1.82) is 0 Å². The van der Waals surface area contributed by atoms with E-state index in [1.807, 2.05) is 0 Å². The Morgan fingerprint density at radius 2 is 2.00 bits per heavy atom. The number of carbonyl (C=O) groups is 1. The van der Waals surface area contributed by atoms with Crippen LogP contribution in [0.15, 0.2) is 30.7 Å². The number of anilines is 1. The molecule has 2 aromatic rings. The molecule has 1 saturated carbocycles. The maximum atomic E-state index is 12.6. The van der Waals surface area contributed by atoms with E-state index in [2.05, 4.69) is 15.4 Å². The maximum Gasteiger partial charge on any atom is 0.504 e. The second-order valence-electron chi connectivity index (χ2n) is 6.14. The molecule has 0 radical (unpaired) electrons. The summed E-state index contributed by atoms with van der Waals surface area (Å²) in [5.74, 6) is -0.0549. The molecular formula is C16H18F3N5O. The van der Waals surface area contributed by atoms with Gasteiger partial charge in [0.05, 0.1) is 11.8 Å². The number of primary amides is 1. The van der Waals surface area contributed by atoms with Gasteiger partial charge in [-0.1, -0.05) is 0 Å². The van der Waals surface area contributed by atoms with Crippen molar-refractivity contribution >= 4 is 11.7 Å². The first-order valence-electron chi connectivity index (χ1n) is 7.97. The number of amides is 1. The standard InChI is InChI=1S/C16H18F3N5O/c17-16(18,19)24-9-11(8-22-24)10-3-5-12(6-4-10)23-15-13(14(20)25)2-1-7-21-15/h1-2,7-10,12H,3-6H2,(H2,20,25)(H,21,23). The lowest BCUT2D eigenvalue weighted by molar-refractivity contribution is -0.212. The number of carbonyl (C=O) groups excluding carboxylic acids is 1. The minimum atomic E-state index is -4.48. The molecule has 9 heteroatoms. The van der Waals surface area contributed by atoms with Gasteiger partial charge in [0.1, 0.15) is 5.82 Å². The molecule has 0 bridgehead atoms. The molecule has 1 aliphatic rings. The van der Waals surface area contributed by atoms with Gasteiger partial charge in [-0.2, -0.15) is 9.78 Å². The Morgan fingerprint density at radius 3 is 2.60 bits per heavy atom. The minimum absolute atomic E-state index is 0.0414. The summed E-state index contributed by atoms with van der Waals surface area (Å²) in [4.78, 5) is 15.6. The fraction of sp³-hybridized carbons (Fsp3) is 0.438. The van der Waals surface area contributed by atoms with Gasteiger partial charge in [0.15, 0.2) is 0 Å². The van der Waals surface area contributed by atoms with Crippen LogP contribution in [0.4, 0.5) is 19.0 Å². The summed E-state index contributed by atoms with van der Waals surface area (Å²) < 4.78 is 37.9. The molecule has 0 aliphatic heterocycles. The summed E-state index contributed by atoms with van der Waals surface area (Å²) in [6.45, 7) is 0. The fourth-order valence-corrected chi connectivity index (χ4v) is 3.17. The Balaban J connectivity index is 1.61. The van der Waals surface area contributed by atoms with Crippen LogP contribution in [0.3, 0.4) is 0 Å². The molecule has 3 N–H and O–H groups in total. The number of nitrogens with zero attached hydrogens (tertiary/aromatic N) is 3. The number of alkyl halides is 3. The van der Waals surface area contributed by atoms with Crippen molar-refractivity contribution in [1.82, 2.24) is 14.8 Å². The van der Waals surface area contributed by atoms with Crippen molar-refractivity contribution in [2.45, 2.75) is 43.9 Å². The van der Waals surface area contributed by atoms with E-state index in [1.54, 1.807) is 18.3 Å². The molecule has 25 heavy (non-hydrogen) atoms. The molecule has 6 nitrogen and oxygen atoms in total. The Labute approximate surface area is 142 Å². The quantitative estimate of drug-likeness (QED) is 0.885. The number of rotatable bonds is 4. The molecule has 134 valence electrons. The monoisotopic (exact) mass is 353 g/mol. The molecule has 0 saturated heterocycles. The first-order chi connectivity index (χ1) is 11.8. The zero-order valence-corrected chi connectivity index (χ0v) is 13.3. The zero-order valence-electron chi connectivity index (χ0n) is 13.3. The lowest BCUT2D eigenvalue weighted by Gasteiger charge is -2.29. The predicted molar refractivity (Wildman–Crippen MR) is 84.9 cm³/mol. The van der Waals surface area contributed by atoms with Crippen molar-refractivity contribution in [2.24, 2.45) is 5.73 Å². The number of hydrogen-bond donors (Lipinski definition) is 2. The molecule has 3 rings (SSSR count). The van der Waals surface area contributed by atoms with Gasteiger partial charge >= 0.3 is 6.30 Å². The first kappa shape index (κ1) is 17.2. The van der Waals surface area contributed by atoms with Crippen molar-refractivity contribution in [3.63, 3.8) is 0 Å². The molecule has 0 atom stereocenters. The largest absolute Gasteiger partial charge is 0.504 e. The summed E-state index contributed by atoms with van der Waals surface area (Å²) in [5.41, 5.74) is 6.27. The van der Waals surface area contributed by atoms with Crippen molar-refractivity contribution in [2.75, 3.05) is 5.32 Å². The smallest absolute Gasteiger partial charge is 0.367 e. The fourth-order valence-electron chi connectivity index (χ4n) is 3.17. The Bertz CT molecular complexity index is 750. The molecule has 2 aromatic heterocycles. The second-order valence-corrected chi connectivity index (χ2v) is 6.14. The molecule has 0 spiro atoms. The lowest BCUT2D eigenvalue weighted by atomic mass is 9.83. The number of aromatic nitrogens is 3. The van der Waals surface area contributed by atoms with Crippen molar-refractivity contribution < 1.29 is 18.0 Å². The van der Waals surface area contributed by atoms with Gasteiger partial charge in [0.2, 0.25) is 0 Å². The van der Waals surface area contributed by atoms with E-state index in [4.69, 9.17) is 5.73 Å². The van der Waals surface area contributed by atoms with E-state index in [1.165, 1.54) is 6.20 Å². The van der Waals surface area contributed by atoms with E-state index in [9.17, 15) is 18.0 Å². The van der Waals surface area contributed by atoms with E-state index >= 15 is 0 Å². The highest BCUT2D eigenvalue weighted by Crippen LogP contribution is 2.35. The van der Waals surface area contributed by atoms with Gasteiger partial charge in [-0.05, 0) is 49.3 Å². The van der Waals surface area contributed by atoms with Crippen molar-refractivity contribution in [3.8, 4) is 0 Å². The van der Waals surface area contributed by atoms with E-state index in [-0.39, 0.29) is 16.6 Å². The Hall–Kier alpha value is -2.58. The van der Waals surface area contributed by atoms with Crippen LogP contribution < -0.4 is 11.1 Å². The number of pyridine rings is 1. The van der Waals surface area contributed by atoms with Crippen LogP contribution in [0.25, 0.3) is 0 Å². The Kier molecular flexibility index (Phi) is 4.65. The van der Waals surface area contributed by atoms with Gasteiger partial charge in [-0.15, -0.1) is 13.2 Å². The highest BCUT2D eigenvalue weighted by molar-refractivity contribution is 5.97. The molecule has 1 aliphatic carbocycles.